The van der Waals surface area contributed by atoms with Crippen molar-refractivity contribution in [3.8, 4) is 0 Å². The van der Waals surface area contributed by atoms with E-state index >= 15 is 0 Å². The fourth-order valence-corrected chi connectivity index (χ4v) is 2.70. The monoisotopic (exact) mass is 323 g/mol. The predicted molar refractivity (Wildman–Crippen MR) is 76.4 cm³/mol. The third-order valence-corrected chi connectivity index (χ3v) is 5.15. The molecule has 1 aromatic rings. The van der Waals surface area contributed by atoms with E-state index in [1.807, 2.05) is 6.92 Å². The number of alkyl halides is 1. The van der Waals surface area contributed by atoms with Crippen molar-refractivity contribution < 1.29 is 5.11 Å². The van der Waals surface area contributed by atoms with Crippen LogP contribution in [0.15, 0.2) is 22.7 Å². The lowest BCUT2D eigenvalue weighted by Crippen LogP contribution is -2.45. The van der Waals surface area contributed by atoms with E-state index in [-0.39, 0.29) is 13.0 Å². The number of hydrogen-bond acceptors (Lipinski definition) is 3. The molecule has 1 saturated carbocycles. The van der Waals surface area contributed by atoms with Crippen molar-refractivity contribution in [3.05, 3.63) is 22.7 Å². The summed E-state index contributed by atoms with van der Waals surface area (Å²) >= 11 is 18.6. The van der Waals surface area contributed by atoms with Gasteiger partial charge in [0.2, 0.25) is 0 Å². The van der Waals surface area contributed by atoms with E-state index in [1.165, 1.54) is 6.33 Å². The Bertz CT molecular complexity index is 471. The highest BCUT2D eigenvalue weighted by molar-refractivity contribution is 6.39. The molecular formula is C12H16Cl3N3O. The number of aromatic nitrogens is 3. The highest BCUT2D eigenvalue weighted by atomic mass is 35.5. The molecule has 1 N–H and O–H groups in total. The Labute approximate surface area is 127 Å². The van der Waals surface area contributed by atoms with Gasteiger partial charge in [0.1, 0.15) is 18.3 Å². The summed E-state index contributed by atoms with van der Waals surface area (Å²) in [6, 6.07) is 0. The molecule has 0 saturated heterocycles. The van der Waals surface area contributed by atoms with Crippen molar-refractivity contribution in [1.29, 1.82) is 0 Å². The average Bonchev–Trinajstić information content (AvgIpc) is 2.93. The molecule has 1 aliphatic carbocycles. The lowest BCUT2D eigenvalue weighted by molar-refractivity contribution is 0.00910. The van der Waals surface area contributed by atoms with Crippen molar-refractivity contribution in [2.75, 3.05) is 0 Å². The Kier molecular flexibility index (Phi) is 4.45. The van der Waals surface area contributed by atoms with Gasteiger partial charge in [0.05, 0.1) is 11.4 Å². The molecule has 2 rings (SSSR count). The number of hydrogen-bond donors (Lipinski definition) is 1. The van der Waals surface area contributed by atoms with Gasteiger partial charge in [-0.3, -0.25) is 0 Å². The number of aliphatic hydroxyl groups is 1. The summed E-state index contributed by atoms with van der Waals surface area (Å²) < 4.78 is 1.56. The molecule has 1 aromatic heterocycles. The molecule has 0 amide bonds. The molecule has 0 bridgehead atoms. The minimum absolute atomic E-state index is 0.227. The Balaban J connectivity index is 2.21. The molecule has 0 aliphatic heterocycles. The van der Waals surface area contributed by atoms with Gasteiger partial charge in [-0.2, -0.15) is 5.10 Å². The molecule has 1 heterocycles. The molecule has 1 aliphatic rings. The lowest BCUT2D eigenvalue weighted by atomic mass is 9.92. The summed E-state index contributed by atoms with van der Waals surface area (Å²) in [5, 5.41) is 15.9. The molecular weight excluding hydrogens is 309 g/mol. The van der Waals surface area contributed by atoms with Crippen LogP contribution in [-0.2, 0) is 6.54 Å². The van der Waals surface area contributed by atoms with Crippen LogP contribution in [0.1, 0.15) is 32.6 Å². The van der Waals surface area contributed by atoms with E-state index < -0.39 is 10.5 Å². The molecule has 1 fully saturated rings. The van der Waals surface area contributed by atoms with Gasteiger partial charge in [0.15, 0.2) is 0 Å². The van der Waals surface area contributed by atoms with E-state index in [0.717, 1.165) is 12.8 Å². The number of allylic oxidation sites excluding steroid dienone is 1. The predicted octanol–water partition coefficient (Wildman–Crippen LogP) is 3.27. The van der Waals surface area contributed by atoms with Crippen LogP contribution in [0, 0.1) is 0 Å². The number of rotatable bonds is 6. The van der Waals surface area contributed by atoms with Crippen LogP contribution in [-0.4, -0.2) is 30.3 Å². The molecule has 1 atom stereocenters. The summed E-state index contributed by atoms with van der Waals surface area (Å²) in [7, 11) is 0. The second kappa shape index (κ2) is 5.60. The molecule has 0 radical (unpaired) electrons. The smallest absolute Gasteiger partial charge is 0.137 e. The van der Waals surface area contributed by atoms with Crippen molar-refractivity contribution in [2.45, 2.75) is 49.6 Å². The standard InChI is InChI=1S/C12H16Cl3N3O/c1-2-9(13)10(14)5-12(19,11(15)3-4-11)6-18-8-16-7-17-18/h7-8,19H,2-6H2,1H3/b10-9+. The minimum atomic E-state index is -1.17. The summed E-state index contributed by atoms with van der Waals surface area (Å²) in [5.41, 5.74) is -1.17. The van der Waals surface area contributed by atoms with Crippen molar-refractivity contribution in [1.82, 2.24) is 14.8 Å². The van der Waals surface area contributed by atoms with Crippen LogP contribution in [0.25, 0.3) is 0 Å². The van der Waals surface area contributed by atoms with Crippen molar-refractivity contribution in [3.63, 3.8) is 0 Å². The van der Waals surface area contributed by atoms with Gasteiger partial charge in [-0.15, -0.1) is 11.6 Å². The largest absolute Gasteiger partial charge is 0.386 e. The maximum Gasteiger partial charge on any atom is 0.137 e. The summed E-state index contributed by atoms with van der Waals surface area (Å²) in [6.45, 7) is 2.16. The van der Waals surface area contributed by atoms with Crippen LogP contribution in [0.3, 0.4) is 0 Å². The zero-order valence-electron chi connectivity index (χ0n) is 10.6. The summed E-state index contributed by atoms with van der Waals surface area (Å²) in [6.07, 6.45) is 5.35. The maximum atomic E-state index is 10.9. The Morgan fingerprint density at radius 2 is 2.11 bits per heavy atom. The third-order valence-electron chi connectivity index (χ3n) is 3.47. The molecule has 1 unspecified atom stereocenters. The van der Waals surface area contributed by atoms with E-state index in [0.29, 0.717) is 16.5 Å². The van der Waals surface area contributed by atoms with E-state index in [2.05, 4.69) is 10.1 Å². The quantitative estimate of drug-likeness (QED) is 0.817. The first-order valence-corrected chi connectivity index (χ1v) is 7.30. The van der Waals surface area contributed by atoms with Gasteiger partial charge < -0.3 is 5.11 Å². The first-order chi connectivity index (χ1) is 8.90. The van der Waals surface area contributed by atoms with Gasteiger partial charge in [0.25, 0.3) is 0 Å². The first-order valence-electron chi connectivity index (χ1n) is 6.17. The van der Waals surface area contributed by atoms with E-state index in [9.17, 15) is 5.11 Å². The van der Waals surface area contributed by atoms with Gasteiger partial charge in [-0.25, -0.2) is 9.67 Å². The fourth-order valence-electron chi connectivity index (χ4n) is 2.06. The van der Waals surface area contributed by atoms with Gasteiger partial charge in [-0.1, -0.05) is 30.1 Å². The molecule has 4 nitrogen and oxygen atoms in total. The summed E-state index contributed by atoms with van der Waals surface area (Å²) in [4.78, 5) is 3.22. The van der Waals surface area contributed by atoms with Gasteiger partial charge in [-0.05, 0) is 19.3 Å². The normalized spacial score (nSPS) is 21.7. The van der Waals surface area contributed by atoms with Crippen LogP contribution < -0.4 is 0 Å². The Morgan fingerprint density at radius 3 is 2.58 bits per heavy atom. The van der Waals surface area contributed by atoms with Gasteiger partial charge in [0, 0.05) is 16.5 Å². The SMILES string of the molecule is CC/C(Cl)=C(\Cl)CC(O)(Cn1cncn1)C1(Cl)CC1. The number of nitrogens with zero attached hydrogens (tertiary/aromatic N) is 3. The third kappa shape index (κ3) is 3.24. The Hall–Kier alpha value is -0.290. The second-order valence-corrected chi connectivity index (χ2v) is 6.57. The molecule has 19 heavy (non-hydrogen) atoms. The molecule has 0 spiro atoms. The second-order valence-electron chi connectivity index (χ2n) is 4.93. The average molecular weight is 325 g/mol. The molecule has 0 aromatic carbocycles. The van der Waals surface area contributed by atoms with Gasteiger partial charge >= 0.3 is 0 Å². The van der Waals surface area contributed by atoms with Crippen LogP contribution in [0.5, 0.6) is 0 Å². The molecule has 106 valence electrons. The first kappa shape index (κ1) is 15.1. The Morgan fingerprint density at radius 1 is 1.42 bits per heavy atom. The molecule has 7 heteroatoms. The zero-order valence-corrected chi connectivity index (χ0v) is 12.9. The number of halogens is 3. The fraction of sp³-hybridized carbons (Fsp3) is 0.667. The topological polar surface area (TPSA) is 50.9 Å². The van der Waals surface area contributed by atoms with Crippen LogP contribution in [0.4, 0.5) is 0 Å². The zero-order chi connectivity index (χ0) is 14.1. The maximum absolute atomic E-state index is 10.9. The van der Waals surface area contributed by atoms with Crippen molar-refractivity contribution in [2.24, 2.45) is 0 Å². The van der Waals surface area contributed by atoms with Crippen molar-refractivity contribution >= 4 is 34.8 Å². The van der Waals surface area contributed by atoms with Crippen LogP contribution >= 0.6 is 34.8 Å². The lowest BCUT2D eigenvalue weighted by Gasteiger charge is -2.33. The van der Waals surface area contributed by atoms with E-state index in [4.69, 9.17) is 34.8 Å². The van der Waals surface area contributed by atoms with E-state index in [1.54, 1.807) is 11.0 Å². The minimum Gasteiger partial charge on any atom is -0.386 e. The van der Waals surface area contributed by atoms with Crippen LogP contribution in [0.2, 0.25) is 0 Å². The highest BCUT2D eigenvalue weighted by Gasteiger charge is 2.58. The summed E-state index contributed by atoms with van der Waals surface area (Å²) in [5.74, 6) is 0. The highest BCUT2D eigenvalue weighted by Crippen LogP contribution is 2.54.